The standard InChI is InChI=1S/C15H14ClFN2O/c1-18-14-7-6-10(16)8-13(14)15(20)19(2)12-5-3-4-11(17)9-12/h3-9,18H,1-2H3. The summed E-state index contributed by atoms with van der Waals surface area (Å²) in [7, 11) is 3.32. The molecular weight excluding hydrogens is 279 g/mol. The van der Waals surface area contributed by atoms with Crippen LogP contribution in [0.2, 0.25) is 5.02 Å². The van der Waals surface area contributed by atoms with E-state index in [1.165, 1.54) is 17.0 Å². The zero-order valence-electron chi connectivity index (χ0n) is 11.2. The number of nitrogens with one attached hydrogen (secondary N) is 1. The Bertz CT molecular complexity index is 646. The molecular formula is C15H14ClFN2O. The van der Waals surface area contributed by atoms with Gasteiger partial charge < -0.3 is 10.2 Å². The Morgan fingerprint density at radius 3 is 2.65 bits per heavy atom. The lowest BCUT2D eigenvalue weighted by atomic mass is 10.1. The van der Waals surface area contributed by atoms with Crippen LogP contribution in [-0.4, -0.2) is 20.0 Å². The van der Waals surface area contributed by atoms with Crippen LogP contribution in [0.5, 0.6) is 0 Å². The van der Waals surface area contributed by atoms with Crippen molar-refractivity contribution >= 4 is 28.9 Å². The molecule has 0 bridgehead atoms. The minimum absolute atomic E-state index is 0.262. The van der Waals surface area contributed by atoms with E-state index in [4.69, 9.17) is 11.6 Å². The lowest BCUT2D eigenvalue weighted by Gasteiger charge is -2.19. The molecule has 0 fully saturated rings. The Labute approximate surface area is 122 Å². The number of halogens is 2. The second-order valence-corrected chi connectivity index (χ2v) is 4.72. The largest absolute Gasteiger partial charge is 0.387 e. The number of hydrogen-bond donors (Lipinski definition) is 1. The first-order chi connectivity index (χ1) is 9.52. The van der Waals surface area contributed by atoms with E-state index in [0.717, 1.165) is 0 Å². The minimum Gasteiger partial charge on any atom is -0.387 e. The molecule has 0 saturated carbocycles. The normalized spacial score (nSPS) is 10.2. The topological polar surface area (TPSA) is 32.3 Å². The molecule has 2 aromatic carbocycles. The van der Waals surface area contributed by atoms with Gasteiger partial charge in [-0.3, -0.25) is 4.79 Å². The van der Waals surface area contributed by atoms with Crippen LogP contribution in [0.3, 0.4) is 0 Å². The number of anilines is 2. The van der Waals surface area contributed by atoms with Crippen molar-refractivity contribution in [1.82, 2.24) is 0 Å². The average molecular weight is 293 g/mol. The summed E-state index contributed by atoms with van der Waals surface area (Å²) < 4.78 is 13.2. The first-order valence-electron chi connectivity index (χ1n) is 6.04. The maximum atomic E-state index is 13.2. The average Bonchev–Trinajstić information content (AvgIpc) is 2.45. The highest BCUT2D eigenvalue weighted by Crippen LogP contribution is 2.24. The molecule has 0 spiro atoms. The summed E-state index contributed by atoms with van der Waals surface area (Å²) in [4.78, 5) is 13.9. The molecule has 0 radical (unpaired) electrons. The number of carbonyl (C=O) groups excluding carboxylic acids is 1. The smallest absolute Gasteiger partial charge is 0.260 e. The highest BCUT2D eigenvalue weighted by molar-refractivity contribution is 6.31. The quantitative estimate of drug-likeness (QED) is 0.933. The van der Waals surface area contributed by atoms with E-state index in [9.17, 15) is 9.18 Å². The van der Waals surface area contributed by atoms with Crippen LogP contribution in [0.4, 0.5) is 15.8 Å². The Morgan fingerprint density at radius 1 is 1.25 bits per heavy atom. The van der Waals surface area contributed by atoms with Crippen LogP contribution in [0.1, 0.15) is 10.4 Å². The number of hydrogen-bond acceptors (Lipinski definition) is 2. The molecule has 0 aliphatic rings. The van der Waals surface area contributed by atoms with Gasteiger partial charge in [0.15, 0.2) is 0 Å². The predicted molar refractivity (Wildman–Crippen MR) is 80.1 cm³/mol. The van der Waals surface area contributed by atoms with Gasteiger partial charge in [-0.15, -0.1) is 0 Å². The summed E-state index contributed by atoms with van der Waals surface area (Å²) in [6, 6.07) is 10.9. The zero-order valence-corrected chi connectivity index (χ0v) is 11.9. The number of amides is 1. The fourth-order valence-electron chi connectivity index (χ4n) is 1.89. The Hall–Kier alpha value is -2.07. The zero-order chi connectivity index (χ0) is 14.7. The molecule has 0 heterocycles. The summed E-state index contributed by atoms with van der Waals surface area (Å²) >= 11 is 5.94. The number of benzene rings is 2. The molecule has 0 atom stereocenters. The van der Waals surface area contributed by atoms with Crippen molar-refractivity contribution in [2.45, 2.75) is 0 Å². The third kappa shape index (κ3) is 2.91. The highest BCUT2D eigenvalue weighted by atomic mass is 35.5. The van der Waals surface area contributed by atoms with Crippen LogP contribution in [0, 0.1) is 5.82 Å². The van der Waals surface area contributed by atoms with Gasteiger partial charge in [-0.25, -0.2) is 4.39 Å². The summed E-state index contributed by atoms with van der Waals surface area (Å²) in [6.07, 6.45) is 0. The van der Waals surface area contributed by atoms with E-state index in [0.29, 0.717) is 22.0 Å². The van der Waals surface area contributed by atoms with Gasteiger partial charge in [-0.2, -0.15) is 0 Å². The van der Waals surface area contributed by atoms with Crippen LogP contribution < -0.4 is 10.2 Å². The Kier molecular flexibility index (Phi) is 4.25. The number of rotatable bonds is 3. The maximum Gasteiger partial charge on any atom is 0.260 e. The fourth-order valence-corrected chi connectivity index (χ4v) is 2.07. The molecule has 0 aromatic heterocycles. The molecule has 2 rings (SSSR count). The number of nitrogens with zero attached hydrogens (tertiary/aromatic N) is 1. The van der Waals surface area contributed by atoms with E-state index in [1.807, 2.05) is 0 Å². The van der Waals surface area contributed by atoms with Gasteiger partial charge in [0.25, 0.3) is 5.91 Å². The maximum absolute atomic E-state index is 13.2. The Balaban J connectivity index is 2.38. The fraction of sp³-hybridized carbons (Fsp3) is 0.133. The van der Waals surface area contributed by atoms with Crippen LogP contribution in [-0.2, 0) is 0 Å². The minimum atomic E-state index is -0.387. The van der Waals surface area contributed by atoms with Crippen molar-refractivity contribution in [2.24, 2.45) is 0 Å². The third-order valence-electron chi connectivity index (χ3n) is 2.98. The molecule has 1 N–H and O–H groups in total. The van der Waals surface area contributed by atoms with Gasteiger partial charge >= 0.3 is 0 Å². The third-order valence-corrected chi connectivity index (χ3v) is 3.22. The van der Waals surface area contributed by atoms with Crippen molar-refractivity contribution in [3.05, 3.63) is 58.9 Å². The SMILES string of the molecule is CNc1ccc(Cl)cc1C(=O)N(C)c1cccc(F)c1. The molecule has 1 amide bonds. The summed E-state index contributed by atoms with van der Waals surface area (Å²) in [5.41, 5.74) is 1.59. The second kappa shape index (κ2) is 5.92. The van der Waals surface area contributed by atoms with E-state index in [2.05, 4.69) is 5.32 Å². The van der Waals surface area contributed by atoms with Crippen molar-refractivity contribution in [2.75, 3.05) is 24.3 Å². The van der Waals surface area contributed by atoms with Crippen molar-refractivity contribution in [3.8, 4) is 0 Å². The molecule has 5 heteroatoms. The molecule has 0 aliphatic heterocycles. The first kappa shape index (κ1) is 14.3. The second-order valence-electron chi connectivity index (χ2n) is 4.28. The van der Waals surface area contributed by atoms with E-state index >= 15 is 0 Å². The van der Waals surface area contributed by atoms with Crippen molar-refractivity contribution in [1.29, 1.82) is 0 Å². The van der Waals surface area contributed by atoms with E-state index in [-0.39, 0.29) is 11.7 Å². The van der Waals surface area contributed by atoms with Gasteiger partial charge in [-0.1, -0.05) is 17.7 Å². The van der Waals surface area contributed by atoms with Crippen molar-refractivity contribution < 1.29 is 9.18 Å². The van der Waals surface area contributed by atoms with Crippen molar-refractivity contribution in [3.63, 3.8) is 0 Å². The lowest BCUT2D eigenvalue weighted by molar-refractivity contribution is 0.0994. The summed E-state index contributed by atoms with van der Waals surface area (Å²) in [5.74, 6) is -0.649. The molecule has 2 aromatic rings. The number of carbonyl (C=O) groups is 1. The van der Waals surface area contributed by atoms with Crippen LogP contribution in [0.15, 0.2) is 42.5 Å². The van der Waals surface area contributed by atoms with Crippen LogP contribution >= 0.6 is 11.6 Å². The Morgan fingerprint density at radius 2 is 2.00 bits per heavy atom. The molecule has 20 heavy (non-hydrogen) atoms. The van der Waals surface area contributed by atoms with Gasteiger partial charge in [0, 0.05) is 30.5 Å². The molecule has 3 nitrogen and oxygen atoms in total. The molecule has 104 valence electrons. The van der Waals surface area contributed by atoms with Gasteiger partial charge in [0.2, 0.25) is 0 Å². The van der Waals surface area contributed by atoms with Gasteiger partial charge in [-0.05, 0) is 36.4 Å². The first-order valence-corrected chi connectivity index (χ1v) is 6.41. The molecule has 0 saturated heterocycles. The van der Waals surface area contributed by atoms with E-state index < -0.39 is 0 Å². The van der Waals surface area contributed by atoms with Gasteiger partial charge in [0.1, 0.15) is 5.82 Å². The molecule has 0 unspecified atom stereocenters. The predicted octanol–water partition coefficient (Wildman–Crippen LogP) is 3.80. The lowest BCUT2D eigenvalue weighted by Crippen LogP contribution is -2.27. The molecule has 0 aliphatic carbocycles. The van der Waals surface area contributed by atoms with E-state index in [1.54, 1.807) is 44.4 Å². The monoisotopic (exact) mass is 292 g/mol. The van der Waals surface area contributed by atoms with Crippen LogP contribution in [0.25, 0.3) is 0 Å². The summed E-state index contributed by atoms with van der Waals surface area (Å²) in [5, 5.41) is 3.41. The summed E-state index contributed by atoms with van der Waals surface area (Å²) in [6.45, 7) is 0. The van der Waals surface area contributed by atoms with Gasteiger partial charge in [0.05, 0.1) is 5.56 Å². The highest BCUT2D eigenvalue weighted by Gasteiger charge is 2.17.